The molecule has 98 valence electrons. The summed E-state index contributed by atoms with van der Waals surface area (Å²) in [5.41, 5.74) is 1.14. The number of hydrogen-bond donors (Lipinski definition) is 1. The fraction of sp³-hybridized carbons (Fsp3) is 0.750. The number of aryl methyl sites for hydroxylation is 2. The van der Waals surface area contributed by atoms with E-state index in [0.717, 1.165) is 12.1 Å². The van der Waals surface area contributed by atoms with Crippen molar-refractivity contribution >= 4 is 11.3 Å². The van der Waals surface area contributed by atoms with E-state index in [-0.39, 0.29) is 0 Å². The largest absolute Gasteiger partial charge is 0.382 e. The van der Waals surface area contributed by atoms with Crippen molar-refractivity contribution in [2.45, 2.75) is 26.3 Å². The number of rotatable bonds is 8. The average Bonchev–Trinajstić information content (AvgIpc) is 2.62. The summed E-state index contributed by atoms with van der Waals surface area (Å²) in [6.07, 6.45) is 0.919. The van der Waals surface area contributed by atoms with Gasteiger partial charge in [-0.1, -0.05) is 0 Å². The van der Waals surface area contributed by atoms with Crippen LogP contribution in [0.15, 0.2) is 0 Å². The number of aromatic nitrogens is 1. The first-order valence-electron chi connectivity index (χ1n) is 5.84. The lowest BCUT2D eigenvalue weighted by atomic mass is 10.2. The minimum Gasteiger partial charge on any atom is -0.382 e. The highest BCUT2D eigenvalue weighted by molar-refractivity contribution is 7.11. The summed E-state index contributed by atoms with van der Waals surface area (Å²) in [5.74, 6) is 0. The maximum Gasteiger partial charge on any atom is 0.0947 e. The van der Waals surface area contributed by atoms with E-state index in [0.29, 0.717) is 25.9 Å². The fourth-order valence-corrected chi connectivity index (χ4v) is 2.46. The second-order valence-electron chi connectivity index (χ2n) is 4.01. The smallest absolute Gasteiger partial charge is 0.0947 e. The van der Waals surface area contributed by atoms with Crippen molar-refractivity contribution in [1.82, 2.24) is 10.3 Å². The predicted octanol–water partition coefficient (Wildman–Crippen LogP) is 1.55. The van der Waals surface area contributed by atoms with E-state index in [1.54, 1.807) is 18.4 Å². The maximum atomic E-state index is 5.53. The average molecular weight is 258 g/mol. The van der Waals surface area contributed by atoms with Gasteiger partial charge in [0, 0.05) is 24.4 Å². The van der Waals surface area contributed by atoms with Crippen molar-refractivity contribution in [2.75, 3.05) is 34.0 Å². The van der Waals surface area contributed by atoms with Gasteiger partial charge in [0.2, 0.25) is 0 Å². The van der Waals surface area contributed by atoms with Crippen LogP contribution < -0.4 is 5.32 Å². The molecule has 0 amide bonds. The van der Waals surface area contributed by atoms with Crippen LogP contribution in [0.25, 0.3) is 0 Å². The van der Waals surface area contributed by atoms with Crippen LogP contribution in [0.4, 0.5) is 0 Å². The van der Waals surface area contributed by atoms with Crippen molar-refractivity contribution in [3.05, 3.63) is 15.6 Å². The molecule has 1 atom stereocenters. The highest BCUT2D eigenvalue weighted by Crippen LogP contribution is 2.17. The van der Waals surface area contributed by atoms with Gasteiger partial charge in [-0.05, 0) is 20.9 Å². The maximum absolute atomic E-state index is 5.53. The van der Waals surface area contributed by atoms with E-state index in [4.69, 9.17) is 9.47 Å². The molecule has 0 saturated carbocycles. The molecule has 1 aromatic rings. The molecule has 1 rings (SSSR count). The second kappa shape index (κ2) is 7.76. The van der Waals surface area contributed by atoms with Crippen LogP contribution in [0.5, 0.6) is 0 Å². The molecule has 0 radical (unpaired) electrons. The molecule has 0 aliphatic carbocycles. The van der Waals surface area contributed by atoms with Gasteiger partial charge in [0.05, 0.1) is 30.5 Å². The Morgan fingerprint density at radius 1 is 1.35 bits per heavy atom. The molecule has 1 aromatic heterocycles. The van der Waals surface area contributed by atoms with Crippen LogP contribution in [-0.4, -0.2) is 45.0 Å². The van der Waals surface area contributed by atoms with Gasteiger partial charge >= 0.3 is 0 Å². The summed E-state index contributed by atoms with van der Waals surface area (Å²) in [4.78, 5) is 5.84. The van der Waals surface area contributed by atoms with Crippen molar-refractivity contribution in [3.63, 3.8) is 0 Å². The molecule has 0 saturated heterocycles. The van der Waals surface area contributed by atoms with E-state index < -0.39 is 0 Å². The summed E-state index contributed by atoms with van der Waals surface area (Å²) in [7, 11) is 3.64. The zero-order valence-corrected chi connectivity index (χ0v) is 11.9. The van der Waals surface area contributed by atoms with Crippen LogP contribution in [0.3, 0.4) is 0 Å². The highest BCUT2D eigenvalue weighted by atomic mass is 32.1. The Bertz CT molecular complexity index is 309. The van der Waals surface area contributed by atoms with Gasteiger partial charge in [-0.25, -0.2) is 4.98 Å². The first-order valence-corrected chi connectivity index (χ1v) is 6.65. The zero-order valence-electron chi connectivity index (χ0n) is 11.1. The molecule has 17 heavy (non-hydrogen) atoms. The van der Waals surface area contributed by atoms with Gasteiger partial charge < -0.3 is 14.8 Å². The highest BCUT2D eigenvalue weighted by Gasteiger charge is 2.11. The molecule has 0 fully saturated rings. The van der Waals surface area contributed by atoms with Crippen LogP contribution in [-0.2, 0) is 15.9 Å². The summed E-state index contributed by atoms with van der Waals surface area (Å²) < 4.78 is 10.5. The Morgan fingerprint density at radius 2 is 2.12 bits per heavy atom. The first kappa shape index (κ1) is 14.6. The van der Waals surface area contributed by atoms with Crippen LogP contribution >= 0.6 is 11.3 Å². The van der Waals surface area contributed by atoms with Crippen molar-refractivity contribution in [1.29, 1.82) is 0 Å². The van der Waals surface area contributed by atoms with Gasteiger partial charge in [0.25, 0.3) is 0 Å². The molecule has 1 unspecified atom stereocenters. The summed E-state index contributed by atoms with van der Waals surface area (Å²) in [6, 6.07) is 0.316. The minimum absolute atomic E-state index is 0.316. The Kier molecular flexibility index (Phi) is 6.65. The van der Waals surface area contributed by atoms with Crippen molar-refractivity contribution < 1.29 is 9.47 Å². The van der Waals surface area contributed by atoms with E-state index in [1.165, 1.54) is 9.88 Å². The number of hydrogen-bond acceptors (Lipinski definition) is 5. The third-order valence-electron chi connectivity index (χ3n) is 2.65. The Labute approximate surface area is 107 Å². The second-order valence-corrected chi connectivity index (χ2v) is 5.29. The van der Waals surface area contributed by atoms with Crippen molar-refractivity contribution in [3.8, 4) is 0 Å². The predicted molar refractivity (Wildman–Crippen MR) is 70.8 cm³/mol. The normalized spacial score (nSPS) is 12.9. The molecule has 0 bridgehead atoms. The van der Waals surface area contributed by atoms with E-state index in [9.17, 15) is 0 Å². The topological polar surface area (TPSA) is 43.4 Å². The SMILES string of the molecule is CNC(COCCOC)Cc1nc(C)c(C)s1. The molecule has 0 aliphatic rings. The quantitative estimate of drug-likeness (QED) is 0.719. The first-order chi connectivity index (χ1) is 8.17. The molecule has 0 aromatic carbocycles. The number of likely N-dealkylation sites (N-methyl/N-ethyl adjacent to an activating group) is 1. The Morgan fingerprint density at radius 3 is 2.65 bits per heavy atom. The lowest BCUT2D eigenvalue weighted by molar-refractivity contribution is 0.0597. The number of ether oxygens (including phenoxy) is 2. The monoisotopic (exact) mass is 258 g/mol. The third-order valence-corrected chi connectivity index (χ3v) is 3.75. The van der Waals surface area contributed by atoms with Crippen molar-refractivity contribution in [2.24, 2.45) is 0 Å². The molecular weight excluding hydrogens is 236 g/mol. The molecular formula is C12H22N2O2S. The van der Waals surface area contributed by atoms with E-state index >= 15 is 0 Å². The van der Waals surface area contributed by atoms with Gasteiger partial charge in [0.1, 0.15) is 0 Å². The third kappa shape index (κ3) is 5.12. The molecule has 0 spiro atoms. The summed E-state index contributed by atoms with van der Waals surface area (Å²) in [6.45, 7) is 6.15. The van der Waals surface area contributed by atoms with Crippen LogP contribution in [0.1, 0.15) is 15.6 Å². The number of methoxy groups -OCH3 is 1. The number of nitrogens with one attached hydrogen (secondary N) is 1. The fourth-order valence-electron chi connectivity index (χ4n) is 1.45. The number of nitrogens with zero attached hydrogens (tertiary/aromatic N) is 1. The Balaban J connectivity index is 2.35. The van der Waals surface area contributed by atoms with Gasteiger partial charge in [-0.15, -0.1) is 11.3 Å². The van der Waals surface area contributed by atoms with Gasteiger partial charge in [0.15, 0.2) is 0 Å². The van der Waals surface area contributed by atoms with E-state index in [1.807, 2.05) is 7.05 Å². The molecule has 5 heteroatoms. The van der Waals surface area contributed by atoms with Crippen LogP contribution in [0, 0.1) is 13.8 Å². The number of thiazole rings is 1. The van der Waals surface area contributed by atoms with Crippen LogP contribution in [0.2, 0.25) is 0 Å². The van der Waals surface area contributed by atoms with Gasteiger partial charge in [-0.3, -0.25) is 0 Å². The summed E-state index contributed by atoms with van der Waals surface area (Å²) in [5, 5.41) is 4.43. The van der Waals surface area contributed by atoms with Gasteiger partial charge in [-0.2, -0.15) is 0 Å². The molecule has 0 aliphatic heterocycles. The lowest BCUT2D eigenvalue weighted by Crippen LogP contribution is -2.33. The standard InChI is InChI=1S/C12H22N2O2S/c1-9-10(2)17-12(14-9)7-11(13-3)8-16-6-5-15-4/h11,13H,5-8H2,1-4H3. The van der Waals surface area contributed by atoms with E-state index in [2.05, 4.69) is 24.1 Å². The molecule has 1 N–H and O–H groups in total. The molecule has 4 nitrogen and oxygen atoms in total. The summed E-state index contributed by atoms with van der Waals surface area (Å²) >= 11 is 1.77. The lowest BCUT2D eigenvalue weighted by Gasteiger charge is -2.14. The zero-order chi connectivity index (χ0) is 12.7. The Hall–Kier alpha value is -0.490. The molecule has 1 heterocycles. The minimum atomic E-state index is 0.316.